The summed E-state index contributed by atoms with van der Waals surface area (Å²) in [5.41, 5.74) is 4.65. The number of hydrogen-bond acceptors (Lipinski definition) is 8. The highest BCUT2D eigenvalue weighted by Crippen LogP contribution is 2.43. The lowest BCUT2D eigenvalue weighted by molar-refractivity contribution is -0.142. The molecule has 0 fully saturated rings. The van der Waals surface area contributed by atoms with Gasteiger partial charge < -0.3 is 19.9 Å². The lowest BCUT2D eigenvalue weighted by atomic mass is 9.87. The van der Waals surface area contributed by atoms with Gasteiger partial charge >= 0.3 is 11.9 Å². The molecule has 0 bridgehead atoms. The van der Waals surface area contributed by atoms with E-state index in [-0.39, 0.29) is 31.7 Å². The van der Waals surface area contributed by atoms with Gasteiger partial charge in [0.1, 0.15) is 13.2 Å². The van der Waals surface area contributed by atoms with Gasteiger partial charge in [0, 0.05) is 34.9 Å². The third-order valence-electron chi connectivity index (χ3n) is 6.21. The first-order valence-corrected chi connectivity index (χ1v) is 15.5. The number of rotatable bonds is 8. The van der Waals surface area contributed by atoms with Crippen LogP contribution >= 0.6 is 11.8 Å². The molecule has 0 spiro atoms. The highest BCUT2D eigenvalue weighted by molar-refractivity contribution is 8.00. The van der Waals surface area contributed by atoms with Crippen LogP contribution in [0.3, 0.4) is 0 Å². The lowest BCUT2D eigenvalue weighted by Gasteiger charge is -2.31. The molecule has 43 heavy (non-hydrogen) atoms. The predicted octanol–water partition coefficient (Wildman–Crippen LogP) is 6.28. The van der Waals surface area contributed by atoms with Gasteiger partial charge in [-0.1, -0.05) is 61.2 Å². The van der Waals surface area contributed by atoms with Crippen LogP contribution in [0.1, 0.15) is 31.1 Å². The number of hydrogen-bond donors (Lipinski definition) is 2. The molecule has 0 aromatic heterocycles. The third-order valence-corrected chi connectivity index (χ3v) is 9.07. The molecule has 2 aliphatic heterocycles. The molecule has 2 aromatic carbocycles. The van der Waals surface area contributed by atoms with Crippen molar-refractivity contribution in [3.63, 3.8) is 0 Å². The quantitative estimate of drug-likeness (QED) is 0.200. The summed E-state index contributed by atoms with van der Waals surface area (Å²) in [4.78, 5) is 24.6. The summed E-state index contributed by atoms with van der Waals surface area (Å²) in [5, 5.41) is 12.3. The van der Waals surface area contributed by atoms with Crippen molar-refractivity contribution in [1.82, 2.24) is 5.32 Å². The zero-order valence-corrected chi connectivity index (χ0v) is 26.4. The van der Waals surface area contributed by atoms with E-state index >= 15 is 0 Å². The zero-order chi connectivity index (χ0) is 31.8. The molecule has 0 saturated carbocycles. The van der Waals surface area contributed by atoms with E-state index < -0.39 is 16.8 Å². The number of halogens is 1. The Balaban J connectivity index is 0.000000324. The number of aliphatic hydroxyl groups excluding tert-OH is 1. The number of dihydropyridines is 1. The van der Waals surface area contributed by atoms with Gasteiger partial charge in [-0.05, 0) is 49.3 Å². The minimum atomic E-state index is -1.23. The summed E-state index contributed by atoms with van der Waals surface area (Å²) in [6.07, 6.45) is 7.26. The molecular formula is C33H38FNO6S2. The van der Waals surface area contributed by atoms with Crippen molar-refractivity contribution in [1.29, 1.82) is 0 Å². The van der Waals surface area contributed by atoms with Gasteiger partial charge in [0.25, 0.3) is 0 Å². The van der Waals surface area contributed by atoms with Gasteiger partial charge in [0.15, 0.2) is 0 Å². The average molecular weight is 628 g/mol. The fraction of sp³-hybridized carbons (Fsp3) is 0.273. The predicted molar refractivity (Wildman–Crippen MR) is 170 cm³/mol. The Hall–Kier alpha value is -3.73. The van der Waals surface area contributed by atoms with Crippen LogP contribution in [0.4, 0.5) is 4.39 Å². The molecule has 0 radical (unpaired) electrons. The lowest BCUT2D eigenvalue weighted by Crippen LogP contribution is -2.28. The maximum atomic E-state index is 13.5. The van der Waals surface area contributed by atoms with Crippen LogP contribution in [0.5, 0.6) is 0 Å². The van der Waals surface area contributed by atoms with Crippen molar-refractivity contribution in [2.75, 3.05) is 32.8 Å². The fourth-order valence-corrected chi connectivity index (χ4v) is 7.12. The summed E-state index contributed by atoms with van der Waals surface area (Å²) in [6.45, 7) is 9.86. The normalized spacial score (nSPS) is 17.3. The van der Waals surface area contributed by atoms with Crippen molar-refractivity contribution in [3.8, 4) is 0 Å². The van der Waals surface area contributed by atoms with E-state index in [2.05, 4.69) is 30.5 Å². The van der Waals surface area contributed by atoms with E-state index in [0.29, 0.717) is 12.7 Å². The van der Waals surface area contributed by atoms with Crippen LogP contribution in [0.15, 0.2) is 123 Å². The van der Waals surface area contributed by atoms with Crippen molar-refractivity contribution >= 4 is 34.5 Å². The number of thioether (sulfide) groups is 1. The number of carbonyl (C=O) groups is 2. The second-order valence-corrected chi connectivity index (χ2v) is 11.5. The largest absolute Gasteiger partial charge is 0.462 e. The third kappa shape index (κ3) is 10.5. The van der Waals surface area contributed by atoms with Crippen LogP contribution in [0, 0.1) is 5.92 Å². The molecule has 10 heteroatoms. The first-order chi connectivity index (χ1) is 20.7. The molecule has 2 aromatic rings. The van der Waals surface area contributed by atoms with Crippen LogP contribution in [0.25, 0.3) is 0 Å². The van der Waals surface area contributed by atoms with Gasteiger partial charge in [0.2, 0.25) is 0 Å². The molecule has 2 aliphatic rings. The first-order valence-electron chi connectivity index (χ1n) is 13.4. The van der Waals surface area contributed by atoms with E-state index in [0.717, 1.165) is 43.0 Å². The van der Waals surface area contributed by atoms with Gasteiger partial charge in [-0.25, -0.2) is 9.00 Å². The number of alkyl halides is 1. The van der Waals surface area contributed by atoms with Gasteiger partial charge in [-0.15, -0.1) is 11.8 Å². The Morgan fingerprint density at radius 2 is 1.72 bits per heavy atom. The molecule has 2 unspecified atom stereocenters. The monoisotopic (exact) mass is 627 g/mol. The summed E-state index contributed by atoms with van der Waals surface area (Å²) < 4.78 is 32.5. The van der Waals surface area contributed by atoms with Crippen LogP contribution in [0.2, 0.25) is 0 Å². The number of nitrogens with one attached hydrogen (secondary N) is 1. The molecule has 2 atom stereocenters. The minimum absolute atomic E-state index is 0.00945. The topological polar surface area (TPSA) is 102 Å². The van der Waals surface area contributed by atoms with Crippen molar-refractivity contribution in [2.45, 2.75) is 30.6 Å². The minimum Gasteiger partial charge on any atom is -0.462 e. The molecule has 0 amide bonds. The summed E-state index contributed by atoms with van der Waals surface area (Å²) >= 11 is 1.72. The fourth-order valence-electron chi connectivity index (χ4n) is 4.13. The molecular weight excluding hydrogens is 589 g/mol. The Kier molecular flexibility index (Phi) is 15.5. The van der Waals surface area contributed by atoms with Crippen LogP contribution < -0.4 is 5.32 Å². The summed E-state index contributed by atoms with van der Waals surface area (Å²) in [5.74, 6) is -0.119. The molecule has 0 aliphatic carbocycles. The summed E-state index contributed by atoms with van der Waals surface area (Å²) in [7, 11) is -0.735. The number of carbonyl (C=O) groups excluding carboxylic acids is 2. The maximum absolute atomic E-state index is 13.5. The Labute approximate surface area is 259 Å². The maximum Gasteiger partial charge on any atom is 0.338 e. The number of fused-ring (bicyclic) bond motifs is 1. The van der Waals surface area contributed by atoms with E-state index in [4.69, 9.17) is 9.84 Å². The van der Waals surface area contributed by atoms with Gasteiger partial charge in [-0.2, -0.15) is 0 Å². The van der Waals surface area contributed by atoms with Crippen LogP contribution in [-0.4, -0.2) is 54.0 Å². The number of ether oxygens (including phenoxy) is 2. The zero-order valence-electron chi connectivity index (χ0n) is 24.8. The second-order valence-electron chi connectivity index (χ2n) is 9.10. The van der Waals surface area contributed by atoms with Crippen LogP contribution in [-0.2, 0) is 25.1 Å². The first kappa shape index (κ1) is 35.5. The number of esters is 2. The van der Waals surface area contributed by atoms with Gasteiger partial charge in [0.05, 0.1) is 39.9 Å². The second kappa shape index (κ2) is 18.7. The van der Waals surface area contributed by atoms with Gasteiger partial charge in [-0.3, -0.25) is 9.18 Å². The average Bonchev–Trinajstić information content (AvgIpc) is 3.16. The molecule has 4 rings (SSSR count). The SMILES string of the molecule is C=C(/C=C\C=C/CO)C1C(C)=C(C)NC2=C1S(=O)c1ccccc1SC2.CC(=O)OCCOC(=O)c1ccccc1.CF. The Morgan fingerprint density at radius 1 is 1.07 bits per heavy atom. The van der Waals surface area contributed by atoms with Crippen molar-refractivity contribution in [3.05, 3.63) is 118 Å². The van der Waals surface area contributed by atoms with Crippen molar-refractivity contribution < 1.29 is 32.8 Å². The van der Waals surface area contributed by atoms with E-state index in [1.165, 1.54) is 6.92 Å². The number of aliphatic hydroxyl groups is 1. The van der Waals surface area contributed by atoms with E-state index in [1.807, 2.05) is 42.5 Å². The van der Waals surface area contributed by atoms with E-state index in [1.54, 1.807) is 48.2 Å². The summed E-state index contributed by atoms with van der Waals surface area (Å²) in [6, 6.07) is 16.6. The molecule has 2 N–H and O–H groups in total. The number of allylic oxidation sites excluding steroid dienone is 7. The Bertz CT molecular complexity index is 1420. The molecule has 230 valence electrons. The Morgan fingerprint density at radius 3 is 2.40 bits per heavy atom. The smallest absolute Gasteiger partial charge is 0.338 e. The number of benzene rings is 2. The molecule has 0 saturated heterocycles. The highest BCUT2D eigenvalue weighted by atomic mass is 32.2. The highest BCUT2D eigenvalue weighted by Gasteiger charge is 2.34. The van der Waals surface area contributed by atoms with Crippen molar-refractivity contribution in [2.24, 2.45) is 5.92 Å². The molecule has 7 nitrogen and oxygen atoms in total. The molecule has 2 heterocycles. The van der Waals surface area contributed by atoms with E-state index in [9.17, 15) is 18.2 Å². The standard InChI is InChI=1S/C21H23NO2S2.C11H12O4.CH3F/c1-14(9-5-4-8-12-23)20-15(2)16(3)22-17-13-25-18-10-6-7-11-19(18)26(24)21(17)20;1-9(12)14-7-8-15-11(13)10-5-3-2-4-6-10;1-2/h4-11,20,22-23H,1,12-13H2,2-3H3;2-6H,7-8H2,1H3;1H3/b8-4-,9-5-;;.